The van der Waals surface area contributed by atoms with Gasteiger partial charge in [0.25, 0.3) is 0 Å². The molecule has 0 saturated heterocycles. The zero-order valence-electron chi connectivity index (χ0n) is 6.40. The van der Waals surface area contributed by atoms with Gasteiger partial charge in [0.2, 0.25) is 0 Å². The lowest BCUT2D eigenvalue weighted by Crippen LogP contribution is -2.38. The van der Waals surface area contributed by atoms with Gasteiger partial charge in [-0.1, -0.05) is 19.0 Å². The molecule has 0 rings (SSSR count). The summed E-state index contributed by atoms with van der Waals surface area (Å²) in [5, 5.41) is 3.41. The summed E-state index contributed by atoms with van der Waals surface area (Å²) in [5.74, 6) is 0.174. The van der Waals surface area contributed by atoms with Gasteiger partial charge in [-0.2, -0.15) is 0 Å². The molecule has 0 heterocycles. The van der Waals surface area contributed by atoms with Crippen molar-refractivity contribution in [3.05, 3.63) is 10.4 Å². The van der Waals surface area contributed by atoms with Crippen LogP contribution in [0.4, 0.5) is 0 Å². The van der Waals surface area contributed by atoms with Crippen LogP contribution in [0.1, 0.15) is 20.8 Å². The fraction of sp³-hybridized carbons (Fsp3) is 1.00. The molecule has 0 aliphatic heterocycles. The molecule has 0 fully saturated rings. The Morgan fingerprint density at radius 2 is 2.00 bits per heavy atom. The largest absolute Gasteiger partial charge is 0.320 e. The summed E-state index contributed by atoms with van der Waals surface area (Å²) in [6, 6.07) is 0. The van der Waals surface area contributed by atoms with Gasteiger partial charge in [0.1, 0.15) is 0 Å². The maximum atomic E-state index is 8.03. The second-order valence-corrected chi connectivity index (χ2v) is 2.57. The normalized spacial score (nSPS) is 14.9. The first-order valence-corrected chi connectivity index (χ1v) is 2.86. The summed E-state index contributed by atoms with van der Waals surface area (Å²) in [5.41, 5.74) is 12.8. The third-order valence-corrected chi connectivity index (χ3v) is 1.43. The number of halogens is 1. The fourth-order valence-electron chi connectivity index (χ4n) is 0.212. The summed E-state index contributed by atoms with van der Waals surface area (Å²) in [6.07, 6.45) is 0. The molecule has 1 atom stereocenters. The summed E-state index contributed by atoms with van der Waals surface area (Å²) >= 11 is 0. The highest BCUT2D eigenvalue weighted by Gasteiger charge is 2.19. The van der Waals surface area contributed by atoms with Crippen molar-refractivity contribution in [1.29, 1.82) is 0 Å². The lowest BCUT2D eigenvalue weighted by molar-refractivity contribution is 0.352. The molecule has 1 unspecified atom stereocenters. The predicted octanol–water partition coefficient (Wildman–Crippen LogP) is 2.25. The molecular weight excluding hydrogens is 243 g/mol. The van der Waals surface area contributed by atoms with Crippen LogP contribution in [-0.4, -0.2) is 5.66 Å². The van der Waals surface area contributed by atoms with Gasteiger partial charge in [-0.05, 0) is 18.4 Å². The molecule has 0 aromatic rings. The van der Waals surface area contributed by atoms with E-state index in [4.69, 9.17) is 11.3 Å². The SMILES string of the molecule is CC(C)C(C)(N)N=[N+]=[N-].I. The minimum atomic E-state index is -0.741. The van der Waals surface area contributed by atoms with E-state index >= 15 is 0 Å². The first-order valence-electron chi connectivity index (χ1n) is 2.86. The van der Waals surface area contributed by atoms with E-state index in [0.717, 1.165) is 0 Å². The highest BCUT2D eigenvalue weighted by atomic mass is 127. The quantitative estimate of drug-likeness (QED) is 0.350. The van der Waals surface area contributed by atoms with Gasteiger partial charge in [-0.25, -0.2) is 0 Å². The summed E-state index contributed by atoms with van der Waals surface area (Å²) in [4.78, 5) is 2.63. The van der Waals surface area contributed by atoms with E-state index in [1.807, 2.05) is 13.8 Å². The van der Waals surface area contributed by atoms with Crippen LogP contribution in [0.25, 0.3) is 10.4 Å². The molecule has 0 amide bonds. The molecular formula is C5H13IN4. The first-order chi connectivity index (χ1) is 4.00. The molecule has 60 valence electrons. The lowest BCUT2D eigenvalue weighted by Gasteiger charge is -2.21. The number of nitrogens with two attached hydrogens (primary N) is 1. The van der Waals surface area contributed by atoms with Crippen LogP contribution in [0.15, 0.2) is 5.11 Å². The second-order valence-electron chi connectivity index (χ2n) is 2.57. The Morgan fingerprint density at radius 1 is 1.60 bits per heavy atom. The average molecular weight is 256 g/mol. The molecule has 0 aromatic heterocycles. The molecule has 5 heteroatoms. The van der Waals surface area contributed by atoms with Crippen LogP contribution in [0, 0.1) is 5.92 Å². The van der Waals surface area contributed by atoms with Crippen LogP contribution in [0.5, 0.6) is 0 Å². The van der Waals surface area contributed by atoms with E-state index in [1.54, 1.807) is 6.92 Å². The van der Waals surface area contributed by atoms with Crippen molar-refractivity contribution in [1.82, 2.24) is 0 Å². The van der Waals surface area contributed by atoms with Crippen LogP contribution in [-0.2, 0) is 0 Å². The minimum absolute atomic E-state index is 0. The Bertz CT molecular complexity index is 137. The Morgan fingerprint density at radius 3 is 2.10 bits per heavy atom. The molecule has 10 heavy (non-hydrogen) atoms. The van der Waals surface area contributed by atoms with Gasteiger partial charge in [0.15, 0.2) is 0 Å². The fourth-order valence-corrected chi connectivity index (χ4v) is 0.212. The van der Waals surface area contributed by atoms with Gasteiger partial charge in [0, 0.05) is 4.91 Å². The van der Waals surface area contributed by atoms with Crippen molar-refractivity contribution >= 4 is 24.0 Å². The molecule has 4 nitrogen and oxygen atoms in total. The lowest BCUT2D eigenvalue weighted by atomic mass is 10.0. The minimum Gasteiger partial charge on any atom is -0.320 e. The Hall–Kier alpha value is 0. The van der Waals surface area contributed by atoms with Crippen molar-refractivity contribution in [3.63, 3.8) is 0 Å². The highest BCUT2D eigenvalue weighted by Crippen LogP contribution is 2.13. The molecule has 0 aliphatic rings. The van der Waals surface area contributed by atoms with Crippen molar-refractivity contribution in [3.8, 4) is 0 Å². The van der Waals surface area contributed by atoms with Gasteiger partial charge >= 0.3 is 0 Å². The standard InChI is InChI=1S/C5H12N4.HI/c1-4(2)5(3,6)8-9-7;/h4H,6H2,1-3H3;1H. The smallest absolute Gasteiger partial charge is 0.0944 e. The number of rotatable bonds is 2. The van der Waals surface area contributed by atoms with Gasteiger partial charge in [-0.3, -0.25) is 0 Å². The van der Waals surface area contributed by atoms with Crippen molar-refractivity contribution in [2.24, 2.45) is 16.8 Å². The molecule has 0 radical (unpaired) electrons. The van der Waals surface area contributed by atoms with Crippen LogP contribution in [0.3, 0.4) is 0 Å². The van der Waals surface area contributed by atoms with Crippen LogP contribution < -0.4 is 5.73 Å². The molecule has 0 aromatic carbocycles. The van der Waals surface area contributed by atoms with Crippen LogP contribution >= 0.6 is 24.0 Å². The molecule has 0 aliphatic carbocycles. The second kappa shape index (κ2) is 4.76. The Kier molecular flexibility index (Phi) is 6.02. The van der Waals surface area contributed by atoms with Gasteiger partial charge in [-0.15, -0.1) is 24.0 Å². The summed E-state index contributed by atoms with van der Waals surface area (Å²) in [6.45, 7) is 5.53. The maximum Gasteiger partial charge on any atom is 0.0944 e. The summed E-state index contributed by atoms with van der Waals surface area (Å²) in [7, 11) is 0. The Balaban J connectivity index is 0. The third kappa shape index (κ3) is 3.92. The van der Waals surface area contributed by atoms with E-state index in [0.29, 0.717) is 0 Å². The van der Waals surface area contributed by atoms with Crippen LogP contribution in [0.2, 0.25) is 0 Å². The predicted molar refractivity (Wildman–Crippen MR) is 52.0 cm³/mol. The molecule has 0 spiro atoms. The van der Waals surface area contributed by atoms with E-state index in [9.17, 15) is 0 Å². The highest BCUT2D eigenvalue weighted by molar-refractivity contribution is 14.0. The maximum absolute atomic E-state index is 8.03. The topological polar surface area (TPSA) is 74.8 Å². The zero-order valence-corrected chi connectivity index (χ0v) is 8.73. The molecule has 0 bridgehead atoms. The van der Waals surface area contributed by atoms with Gasteiger partial charge < -0.3 is 5.73 Å². The zero-order chi connectivity index (χ0) is 7.49. The van der Waals surface area contributed by atoms with E-state index in [1.165, 1.54) is 0 Å². The van der Waals surface area contributed by atoms with Crippen molar-refractivity contribution in [2.75, 3.05) is 0 Å². The van der Waals surface area contributed by atoms with Crippen molar-refractivity contribution < 1.29 is 0 Å². The van der Waals surface area contributed by atoms with E-state index in [-0.39, 0.29) is 29.9 Å². The molecule has 2 N–H and O–H groups in total. The number of hydrogen-bond acceptors (Lipinski definition) is 2. The van der Waals surface area contributed by atoms with Gasteiger partial charge in [0.05, 0.1) is 5.66 Å². The Labute approximate surface area is 77.8 Å². The monoisotopic (exact) mass is 256 g/mol. The number of nitrogens with zero attached hydrogens (tertiary/aromatic N) is 3. The molecule has 0 saturated carbocycles. The number of hydrogen-bond donors (Lipinski definition) is 1. The van der Waals surface area contributed by atoms with Crippen molar-refractivity contribution in [2.45, 2.75) is 26.4 Å². The average Bonchev–Trinajstić information content (AvgIpc) is 1.65. The first kappa shape index (κ1) is 12.7. The van der Waals surface area contributed by atoms with E-state index < -0.39 is 5.66 Å². The third-order valence-electron chi connectivity index (χ3n) is 1.43. The van der Waals surface area contributed by atoms with E-state index in [2.05, 4.69) is 10.0 Å². The summed E-state index contributed by atoms with van der Waals surface area (Å²) < 4.78 is 0. The number of azide groups is 1.